The van der Waals surface area contributed by atoms with Gasteiger partial charge in [-0.05, 0) is 37.5 Å². The zero-order chi connectivity index (χ0) is 20.5. The summed E-state index contributed by atoms with van der Waals surface area (Å²) in [7, 11) is 4.40. The topological polar surface area (TPSA) is 65.1 Å². The summed E-state index contributed by atoms with van der Waals surface area (Å²) in [4.78, 5) is 26.4. The smallest absolute Gasteiger partial charge is 0.325 e. The van der Waals surface area contributed by atoms with E-state index in [0.717, 1.165) is 18.4 Å². The molecule has 0 saturated carbocycles. The SMILES string of the molecule is COC(=O)CN(CCCc1ccccc1)C(=O)c1cc(OC)c(C)c(OC)c1. The van der Waals surface area contributed by atoms with Crippen LogP contribution in [0.2, 0.25) is 0 Å². The zero-order valence-corrected chi connectivity index (χ0v) is 16.9. The van der Waals surface area contributed by atoms with Gasteiger partial charge in [-0.3, -0.25) is 9.59 Å². The highest BCUT2D eigenvalue weighted by Gasteiger charge is 2.21. The van der Waals surface area contributed by atoms with Gasteiger partial charge in [0, 0.05) is 17.7 Å². The number of esters is 1. The van der Waals surface area contributed by atoms with E-state index in [1.54, 1.807) is 26.4 Å². The van der Waals surface area contributed by atoms with E-state index >= 15 is 0 Å². The molecule has 6 heteroatoms. The van der Waals surface area contributed by atoms with Gasteiger partial charge >= 0.3 is 5.97 Å². The van der Waals surface area contributed by atoms with Crippen LogP contribution in [0.15, 0.2) is 42.5 Å². The van der Waals surface area contributed by atoms with Crippen molar-refractivity contribution < 1.29 is 23.8 Å². The fourth-order valence-corrected chi connectivity index (χ4v) is 2.98. The number of benzene rings is 2. The molecule has 0 fully saturated rings. The third-order valence-corrected chi connectivity index (χ3v) is 4.57. The number of aryl methyl sites for hydroxylation is 1. The quantitative estimate of drug-likeness (QED) is 0.620. The molecule has 0 aromatic heterocycles. The predicted molar refractivity (Wildman–Crippen MR) is 107 cm³/mol. The number of carbonyl (C=O) groups excluding carboxylic acids is 2. The maximum atomic E-state index is 13.1. The van der Waals surface area contributed by atoms with E-state index in [4.69, 9.17) is 14.2 Å². The molecule has 0 spiro atoms. The number of amides is 1. The number of hydrogen-bond donors (Lipinski definition) is 0. The Morgan fingerprint density at radius 1 is 0.964 bits per heavy atom. The molecule has 1 amide bonds. The number of rotatable bonds is 9. The van der Waals surface area contributed by atoms with E-state index < -0.39 is 5.97 Å². The highest BCUT2D eigenvalue weighted by molar-refractivity contribution is 5.97. The van der Waals surface area contributed by atoms with Crippen LogP contribution in [-0.4, -0.2) is 51.2 Å². The van der Waals surface area contributed by atoms with Crippen molar-refractivity contribution in [3.63, 3.8) is 0 Å². The Balaban J connectivity index is 2.19. The molecule has 0 aliphatic rings. The minimum absolute atomic E-state index is 0.109. The van der Waals surface area contributed by atoms with Gasteiger partial charge in [0.15, 0.2) is 0 Å². The molecule has 2 aromatic rings. The first kappa shape index (κ1) is 21.3. The van der Waals surface area contributed by atoms with Crippen LogP contribution in [0.25, 0.3) is 0 Å². The molecule has 2 aromatic carbocycles. The Labute approximate surface area is 166 Å². The Bertz CT molecular complexity index is 779. The number of methoxy groups -OCH3 is 3. The van der Waals surface area contributed by atoms with E-state index in [1.807, 2.05) is 37.3 Å². The van der Waals surface area contributed by atoms with E-state index in [0.29, 0.717) is 23.6 Å². The molecule has 0 heterocycles. The number of hydrogen-bond acceptors (Lipinski definition) is 5. The Kier molecular flexibility index (Phi) is 7.87. The fraction of sp³-hybridized carbons (Fsp3) is 0.364. The van der Waals surface area contributed by atoms with E-state index in [2.05, 4.69) is 0 Å². The van der Waals surface area contributed by atoms with Gasteiger partial charge in [-0.2, -0.15) is 0 Å². The summed E-state index contributed by atoms with van der Waals surface area (Å²) in [6.07, 6.45) is 1.54. The van der Waals surface area contributed by atoms with Crippen molar-refractivity contribution in [3.8, 4) is 11.5 Å². The van der Waals surface area contributed by atoms with Crippen molar-refractivity contribution in [2.45, 2.75) is 19.8 Å². The van der Waals surface area contributed by atoms with Gasteiger partial charge in [0.1, 0.15) is 18.0 Å². The van der Waals surface area contributed by atoms with Crippen LogP contribution in [0.5, 0.6) is 11.5 Å². The molecule has 0 radical (unpaired) electrons. The van der Waals surface area contributed by atoms with Gasteiger partial charge in [-0.25, -0.2) is 0 Å². The standard InChI is InChI=1S/C22H27NO5/c1-16-19(26-2)13-18(14-20(16)27-3)22(25)23(15-21(24)28-4)12-8-11-17-9-6-5-7-10-17/h5-7,9-10,13-14H,8,11-12,15H2,1-4H3. The van der Waals surface area contributed by atoms with Crippen LogP contribution in [0.3, 0.4) is 0 Å². The normalized spacial score (nSPS) is 10.3. The molecule has 2 rings (SSSR count). The molecule has 0 aliphatic carbocycles. The van der Waals surface area contributed by atoms with Gasteiger partial charge in [-0.1, -0.05) is 30.3 Å². The summed E-state index contributed by atoms with van der Waals surface area (Å²) in [6, 6.07) is 13.4. The highest BCUT2D eigenvalue weighted by Crippen LogP contribution is 2.30. The largest absolute Gasteiger partial charge is 0.496 e. The summed E-state index contributed by atoms with van der Waals surface area (Å²) >= 11 is 0. The first-order valence-electron chi connectivity index (χ1n) is 9.12. The molecule has 0 aliphatic heterocycles. The van der Waals surface area contributed by atoms with Gasteiger partial charge in [0.25, 0.3) is 5.91 Å². The molecule has 0 bridgehead atoms. The van der Waals surface area contributed by atoms with Gasteiger partial charge in [-0.15, -0.1) is 0 Å². The van der Waals surface area contributed by atoms with Gasteiger partial charge < -0.3 is 19.1 Å². The molecule has 0 unspecified atom stereocenters. The van der Waals surface area contributed by atoms with Crippen LogP contribution in [-0.2, 0) is 16.0 Å². The monoisotopic (exact) mass is 385 g/mol. The summed E-state index contributed by atoms with van der Waals surface area (Å²) < 4.78 is 15.5. The van der Waals surface area contributed by atoms with Crippen molar-refractivity contribution >= 4 is 11.9 Å². The average molecular weight is 385 g/mol. The Hall–Kier alpha value is -3.02. The van der Waals surface area contributed by atoms with Gasteiger partial charge in [0.2, 0.25) is 0 Å². The molecule has 0 saturated heterocycles. The van der Waals surface area contributed by atoms with Crippen LogP contribution < -0.4 is 9.47 Å². The van der Waals surface area contributed by atoms with Crippen molar-refractivity contribution in [2.24, 2.45) is 0 Å². The van der Waals surface area contributed by atoms with Crippen molar-refractivity contribution in [1.82, 2.24) is 4.90 Å². The molecule has 0 N–H and O–H groups in total. The lowest BCUT2D eigenvalue weighted by atomic mass is 10.1. The third-order valence-electron chi connectivity index (χ3n) is 4.57. The summed E-state index contributed by atoms with van der Waals surface area (Å²) in [5.41, 5.74) is 2.40. The lowest BCUT2D eigenvalue weighted by Gasteiger charge is -2.22. The molecule has 150 valence electrons. The van der Waals surface area contributed by atoms with E-state index in [9.17, 15) is 9.59 Å². The molecule has 0 atom stereocenters. The molecule has 6 nitrogen and oxygen atoms in total. The predicted octanol–water partition coefficient (Wildman–Crippen LogP) is 3.26. The zero-order valence-electron chi connectivity index (χ0n) is 16.9. The van der Waals surface area contributed by atoms with Crippen molar-refractivity contribution in [2.75, 3.05) is 34.4 Å². The number of nitrogens with zero attached hydrogens (tertiary/aromatic N) is 1. The number of carbonyl (C=O) groups is 2. The fourth-order valence-electron chi connectivity index (χ4n) is 2.98. The molecular weight excluding hydrogens is 358 g/mol. The highest BCUT2D eigenvalue weighted by atomic mass is 16.5. The van der Waals surface area contributed by atoms with Crippen LogP contribution in [0.1, 0.15) is 27.9 Å². The lowest BCUT2D eigenvalue weighted by molar-refractivity contribution is -0.141. The van der Waals surface area contributed by atoms with Crippen LogP contribution >= 0.6 is 0 Å². The Morgan fingerprint density at radius 2 is 1.57 bits per heavy atom. The van der Waals surface area contributed by atoms with E-state index in [1.165, 1.54) is 17.6 Å². The minimum Gasteiger partial charge on any atom is -0.496 e. The summed E-state index contributed by atoms with van der Waals surface area (Å²) in [5, 5.41) is 0. The second-order valence-electron chi connectivity index (χ2n) is 6.40. The maximum absolute atomic E-state index is 13.1. The van der Waals surface area contributed by atoms with Gasteiger partial charge in [0.05, 0.1) is 21.3 Å². The first-order valence-corrected chi connectivity index (χ1v) is 9.12. The van der Waals surface area contributed by atoms with Crippen molar-refractivity contribution in [3.05, 3.63) is 59.2 Å². The first-order chi connectivity index (χ1) is 13.5. The second-order valence-corrected chi connectivity index (χ2v) is 6.40. The molecular formula is C22H27NO5. The average Bonchev–Trinajstić information content (AvgIpc) is 2.73. The van der Waals surface area contributed by atoms with E-state index in [-0.39, 0.29) is 12.5 Å². The van der Waals surface area contributed by atoms with Crippen LogP contribution in [0.4, 0.5) is 0 Å². The summed E-state index contributed by atoms with van der Waals surface area (Å²) in [6.45, 7) is 2.18. The van der Waals surface area contributed by atoms with Crippen molar-refractivity contribution in [1.29, 1.82) is 0 Å². The maximum Gasteiger partial charge on any atom is 0.325 e. The molecule has 28 heavy (non-hydrogen) atoms. The second kappa shape index (κ2) is 10.3. The number of ether oxygens (including phenoxy) is 3. The third kappa shape index (κ3) is 5.49. The summed E-state index contributed by atoms with van der Waals surface area (Å²) in [5.74, 6) is 0.393. The lowest BCUT2D eigenvalue weighted by Crippen LogP contribution is -2.37. The van der Waals surface area contributed by atoms with Crippen LogP contribution in [0, 0.1) is 6.92 Å². The Morgan fingerprint density at radius 3 is 2.11 bits per heavy atom. The minimum atomic E-state index is -0.459.